The number of piperazine rings is 1. The molecule has 1 amide bonds. The first-order chi connectivity index (χ1) is 18.1. The average molecular weight is 514 g/mol. The number of anilines is 2. The predicted molar refractivity (Wildman–Crippen MR) is 150 cm³/mol. The first-order valence-corrected chi connectivity index (χ1v) is 13.7. The zero-order chi connectivity index (χ0) is 25.4. The molecule has 0 spiro atoms. The number of thiophene rings is 1. The summed E-state index contributed by atoms with van der Waals surface area (Å²) in [5.74, 6) is 0.658. The molecule has 6 rings (SSSR count). The number of fused-ring (bicyclic) bond motifs is 3. The fourth-order valence-corrected chi connectivity index (χ4v) is 6.65. The Balaban J connectivity index is 1.20. The van der Waals surface area contributed by atoms with Gasteiger partial charge in [-0.05, 0) is 62.1 Å². The number of pyridine rings is 1. The van der Waals surface area contributed by atoms with E-state index in [1.807, 2.05) is 32.2 Å². The quantitative estimate of drug-likeness (QED) is 0.344. The number of benzene rings is 1. The zero-order valence-electron chi connectivity index (χ0n) is 21.1. The molecule has 2 fully saturated rings. The van der Waals surface area contributed by atoms with Crippen LogP contribution in [0.5, 0.6) is 0 Å². The van der Waals surface area contributed by atoms with Gasteiger partial charge in [-0.1, -0.05) is 6.07 Å². The van der Waals surface area contributed by atoms with Crippen molar-refractivity contribution in [3.63, 3.8) is 0 Å². The maximum atomic E-state index is 13.1. The number of hydrogen-bond donors (Lipinski definition) is 3. The highest BCUT2D eigenvalue weighted by atomic mass is 32.1. The van der Waals surface area contributed by atoms with E-state index in [4.69, 9.17) is 0 Å². The van der Waals surface area contributed by atoms with Crippen LogP contribution in [-0.2, 0) is 6.42 Å². The van der Waals surface area contributed by atoms with Gasteiger partial charge >= 0.3 is 0 Å². The lowest BCUT2D eigenvalue weighted by molar-refractivity contribution is 0.0959. The van der Waals surface area contributed by atoms with Crippen molar-refractivity contribution in [2.45, 2.75) is 38.3 Å². The number of aromatic nitrogens is 3. The second kappa shape index (κ2) is 10.1. The van der Waals surface area contributed by atoms with Crippen molar-refractivity contribution in [3.8, 4) is 11.4 Å². The Bertz CT molecular complexity index is 1430. The first kappa shape index (κ1) is 23.8. The van der Waals surface area contributed by atoms with Gasteiger partial charge in [0.25, 0.3) is 5.91 Å². The maximum absolute atomic E-state index is 13.1. The molecule has 2 bridgehead atoms. The van der Waals surface area contributed by atoms with Gasteiger partial charge in [0.1, 0.15) is 9.71 Å². The summed E-state index contributed by atoms with van der Waals surface area (Å²) in [7, 11) is 1.84. The Morgan fingerprint density at radius 1 is 1.14 bits per heavy atom. The lowest BCUT2D eigenvalue weighted by Crippen LogP contribution is -2.51. The fraction of sp³-hybridized carbons (Fsp3) is 0.357. The summed E-state index contributed by atoms with van der Waals surface area (Å²) in [5, 5.41) is 11.0. The van der Waals surface area contributed by atoms with Crippen molar-refractivity contribution < 1.29 is 4.79 Å². The van der Waals surface area contributed by atoms with E-state index in [1.54, 1.807) is 12.4 Å². The third-order valence-electron chi connectivity index (χ3n) is 7.27. The van der Waals surface area contributed by atoms with E-state index in [0.717, 1.165) is 58.1 Å². The summed E-state index contributed by atoms with van der Waals surface area (Å²) in [4.78, 5) is 30.8. The minimum atomic E-state index is -0.0791. The largest absolute Gasteiger partial charge is 0.386 e. The summed E-state index contributed by atoms with van der Waals surface area (Å²) in [5.41, 5.74) is 5.16. The summed E-state index contributed by atoms with van der Waals surface area (Å²) >= 11 is 1.43. The van der Waals surface area contributed by atoms with Crippen LogP contribution in [0.25, 0.3) is 21.6 Å². The van der Waals surface area contributed by atoms with Gasteiger partial charge in [-0.25, -0.2) is 15.0 Å². The number of nitrogens with one attached hydrogen (secondary N) is 3. The molecule has 3 aromatic heterocycles. The molecule has 2 saturated heterocycles. The van der Waals surface area contributed by atoms with Crippen LogP contribution in [0.4, 0.5) is 11.4 Å². The number of hydrogen-bond acceptors (Lipinski definition) is 8. The van der Waals surface area contributed by atoms with Crippen LogP contribution in [0.1, 0.15) is 33.8 Å². The Hall–Kier alpha value is -3.56. The van der Waals surface area contributed by atoms with Crippen molar-refractivity contribution in [3.05, 3.63) is 64.9 Å². The highest BCUT2D eigenvalue weighted by molar-refractivity contribution is 7.21. The Labute approximate surface area is 220 Å². The standard InChI is InChI=1S/C28H31N7OS/c1-17-4-8-21-24(29-2)25(37-28(21)33-17)27(36)32-13-10-18-5-9-23(22(14-18)26-30-11-3-12-31-26)35-15-19-6-7-20(16-35)34-19/h3-5,8-9,11-12,14,19-20,29,34H,6-7,10,13,15-16H2,1-2H3,(H,32,36). The average Bonchev–Trinajstić information content (AvgIpc) is 3.46. The van der Waals surface area contributed by atoms with Crippen LogP contribution in [0, 0.1) is 6.92 Å². The molecule has 4 aromatic rings. The Morgan fingerprint density at radius 2 is 1.92 bits per heavy atom. The van der Waals surface area contributed by atoms with Crippen LogP contribution in [0.15, 0.2) is 48.8 Å². The Morgan fingerprint density at radius 3 is 2.68 bits per heavy atom. The summed E-state index contributed by atoms with van der Waals surface area (Å²) in [6.07, 6.45) is 6.78. The third kappa shape index (κ3) is 4.76. The minimum absolute atomic E-state index is 0.0791. The van der Waals surface area contributed by atoms with Gasteiger partial charge < -0.3 is 20.9 Å². The molecule has 2 unspecified atom stereocenters. The monoisotopic (exact) mass is 513 g/mol. The predicted octanol–water partition coefficient (Wildman–Crippen LogP) is 4.02. The van der Waals surface area contributed by atoms with E-state index in [1.165, 1.54) is 29.9 Å². The summed E-state index contributed by atoms with van der Waals surface area (Å²) in [6.45, 7) is 4.51. The van der Waals surface area contributed by atoms with Gasteiger partial charge in [0, 0.05) is 73.5 Å². The molecule has 8 nitrogen and oxygen atoms in total. The minimum Gasteiger partial charge on any atom is -0.386 e. The van der Waals surface area contributed by atoms with E-state index in [2.05, 4.69) is 54.0 Å². The highest BCUT2D eigenvalue weighted by Gasteiger charge is 2.33. The van der Waals surface area contributed by atoms with Gasteiger partial charge in [-0.15, -0.1) is 11.3 Å². The van der Waals surface area contributed by atoms with Gasteiger partial charge in [-0.3, -0.25) is 4.79 Å². The van der Waals surface area contributed by atoms with Gasteiger partial charge in [0.2, 0.25) is 0 Å². The Kier molecular flexibility index (Phi) is 6.48. The summed E-state index contributed by atoms with van der Waals surface area (Å²) < 4.78 is 0. The molecule has 2 aliphatic heterocycles. The molecule has 0 aliphatic carbocycles. The van der Waals surface area contributed by atoms with E-state index in [0.29, 0.717) is 23.5 Å². The van der Waals surface area contributed by atoms with Crippen molar-refractivity contribution >= 4 is 38.8 Å². The van der Waals surface area contributed by atoms with E-state index >= 15 is 0 Å². The van der Waals surface area contributed by atoms with E-state index in [-0.39, 0.29) is 5.91 Å². The molecule has 2 atom stereocenters. The van der Waals surface area contributed by atoms with Crippen molar-refractivity contribution in [1.29, 1.82) is 0 Å². The second-order valence-electron chi connectivity index (χ2n) is 9.83. The molecule has 2 aliphatic rings. The number of nitrogens with zero attached hydrogens (tertiary/aromatic N) is 4. The van der Waals surface area contributed by atoms with E-state index < -0.39 is 0 Å². The number of rotatable bonds is 7. The molecular formula is C28H31N7OS. The van der Waals surface area contributed by atoms with Gasteiger partial charge in [-0.2, -0.15) is 0 Å². The van der Waals surface area contributed by atoms with E-state index in [9.17, 15) is 4.79 Å². The lowest BCUT2D eigenvalue weighted by atomic mass is 10.0. The summed E-state index contributed by atoms with van der Waals surface area (Å²) in [6, 6.07) is 13.5. The van der Waals surface area contributed by atoms with Crippen LogP contribution < -0.4 is 20.9 Å². The SMILES string of the molecule is CNc1c(C(=O)NCCc2ccc(N3CC4CCC(C3)N4)c(-c3ncccn3)c2)sc2nc(C)ccc12. The topological polar surface area (TPSA) is 95.1 Å². The lowest BCUT2D eigenvalue weighted by Gasteiger charge is -2.35. The van der Waals surface area contributed by atoms with Crippen LogP contribution in [0.2, 0.25) is 0 Å². The molecule has 0 radical (unpaired) electrons. The number of carbonyl (C=O) groups excluding carboxylic acids is 1. The fourth-order valence-electron chi connectivity index (χ4n) is 5.51. The van der Waals surface area contributed by atoms with Crippen molar-refractivity contribution in [1.82, 2.24) is 25.6 Å². The molecule has 190 valence electrons. The number of carbonyl (C=O) groups is 1. The molecule has 5 heterocycles. The zero-order valence-corrected chi connectivity index (χ0v) is 21.9. The molecular weight excluding hydrogens is 482 g/mol. The molecule has 37 heavy (non-hydrogen) atoms. The van der Waals surface area contributed by atoms with Gasteiger partial charge in [0.05, 0.1) is 5.69 Å². The van der Waals surface area contributed by atoms with Crippen molar-refractivity contribution in [2.75, 3.05) is 36.9 Å². The normalized spacial score (nSPS) is 18.8. The van der Waals surface area contributed by atoms with Crippen LogP contribution in [-0.4, -0.2) is 59.6 Å². The molecule has 0 saturated carbocycles. The molecule has 1 aromatic carbocycles. The number of aryl methyl sites for hydroxylation is 1. The second-order valence-corrected chi connectivity index (χ2v) is 10.8. The van der Waals surface area contributed by atoms with Crippen LogP contribution >= 0.6 is 11.3 Å². The van der Waals surface area contributed by atoms with Gasteiger partial charge in [0.15, 0.2) is 5.82 Å². The smallest absolute Gasteiger partial charge is 0.263 e. The third-order valence-corrected chi connectivity index (χ3v) is 8.37. The molecule has 3 N–H and O–H groups in total. The first-order valence-electron chi connectivity index (χ1n) is 12.9. The number of amides is 1. The van der Waals surface area contributed by atoms with Crippen LogP contribution in [0.3, 0.4) is 0 Å². The molecule has 9 heteroatoms. The van der Waals surface area contributed by atoms with Crippen molar-refractivity contribution in [2.24, 2.45) is 0 Å². The highest BCUT2D eigenvalue weighted by Crippen LogP contribution is 2.35. The maximum Gasteiger partial charge on any atom is 0.263 e.